The number of allylic oxidation sites excluding steroid dienone is 3. The van der Waals surface area contributed by atoms with Crippen LogP contribution in [0.5, 0.6) is 0 Å². The van der Waals surface area contributed by atoms with Gasteiger partial charge in [-0.25, -0.2) is 0 Å². The molecule has 2 fully saturated rings. The lowest BCUT2D eigenvalue weighted by molar-refractivity contribution is -0.109. The van der Waals surface area contributed by atoms with E-state index in [9.17, 15) is 9.59 Å². The lowest BCUT2D eigenvalue weighted by atomic mass is 9.47. The lowest BCUT2D eigenvalue weighted by Gasteiger charge is -2.58. The smallest absolute Gasteiger partial charge is 0.153 e. The third-order valence-corrected chi connectivity index (χ3v) is 6.18. The summed E-state index contributed by atoms with van der Waals surface area (Å²) in [6.45, 7) is 11.5. The van der Waals surface area contributed by atoms with Crippen LogP contribution in [0.3, 0.4) is 0 Å². The molecule has 0 heterocycles. The molecule has 116 valence electrons. The van der Waals surface area contributed by atoms with Crippen LogP contribution in [0.25, 0.3) is 0 Å². The highest BCUT2D eigenvalue weighted by Crippen LogP contribution is 2.61. The molecular weight excluding hydrogens is 260 g/mol. The van der Waals surface area contributed by atoms with Crippen molar-refractivity contribution in [1.82, 2.24) is 0 Å². The number of carbonyl (C=O) groups is 2. The largest absolute Gasteiger partial charge is 0.298 e. The molecule has 2 heteroatoms. The Hall–Kier alpha value is -1.18. The number of hydrogen-bond acceptors (Lipinski definition) is 2. The third-order valence-electron chi connectivity index (χ3n) is 6.18. The van der Waals surface area contributed by atoms with Gasteiger partial charge in [-0.15, -0.1) is 0 Å². The zero-order chi connectivity index (χ0) is 15.7. The maximum atomic E-state index is 10.8. The summed E-state index contributed by atoms with van der Waals surface area (Å²) in [5, 5.41) is 0. The van der Waals surface area contributed by atoms with E-state index in [2.05, 4.69) is 27.4 Å². The van der Waals surface area contributed by atoms with E-state index in [1.807, 2.05) is 6.08 Å². The Balaban J connectivity index is 2.29. The topological polar surface area (TPSA) is 34.1 Å². The van der Waals surface area contributed by atoms with Crippen molar-refractivity contribution in [2.24, 2.45) is 22.7 Å². The summed E-state index contributed by atoms with van der Waals surface area (Å²) in [4.78, 5) is 21.7. The summed E-state index contributed by atoms with van der Waals surface area (Å²) >= 11 is 0. The first-order valence-electron chi connectivity index (χ1n) is 8.13. The number of fused-ring (bicyclic) bond motifs is 1. The Bertz CT molecular complexity index is 462. The highest BCUT2D eigenvalue weighted by Gasteiger charge is 2.52. The maximum Gasteiger partial charge on any atom is 0.153 e. The second-order valence-corrected chi connectivity index (χ2v) is 7.83. The fourth-order valence-electron chi connectivity index (χ4n) is 5.09. The minimum Gasteiger partial charge on any atom is -0.298 e. The highest BCUT2D eigenvalue weighted by atomic mass is 16.1. The van der Waals surface area contributed by atoms with Gasteiger partial charge in [-0.05, 0) is 54.8 Å². The van der Waals surface area contributed by atoms with Gasteiger partial charge in [-0.2, -0.15) is 0 Å². The third kappa shape index (κ3) is 2.90. The van der Waals surface area contributed by atoms with Gasteiger partial charge >= 0.3 is 0 Å². The first-order valence-corrected chi connectivity index (χ1v) is 8.13. The molecule has 0 radical (unpaired) electrons. The Labute approximate surface area is 128 Å². The second kappa shape index (κ2) is 5.90. The lowest BCUT2D eigenvalue weighted by Crippen LogP contribution is -2.49. The van der Waals surface area contributed by atoms with Gasteiger partial charge in [0, 0.05) is 0 Å². The van der Waals surface area contributed by atoms with E-state index in [0.29, 0.717) is 29.8 Å². The Morgan fingerprint density at radius 3 is 2.52 bits per heavy atom. The molecule has 0 spiro atoms. The van der Waals surface area contributed by atoms with Gasteiger partial charge in [0.05, 0.1) is 5.57 Å². The molecule has 3 unspecified atom stereocenters. The fraction of sp³-hybridized carbons (Fsp3) is 0.684. The highest BCUT2D eigenvalue weighted by molar-refractivity contribution is 5.99. The van der Waals surface area contributed by atoms with Crippen LogP contribution in [0.4, 0.5) is 0 Å². The quantitative estimate of drug-likeness (QED) is 0.251. The van der Waals surface area contributed by atoms with Crippen molar-refractivity contribution in [3.05, 3.63) is 23.8 Å². The van der Waals surface area contributed by atoms with E-state index in [-0.39, 0.29) is 11.0 Å². The number of hydrogen-bond donors (Lipinski definition) is 0. The predicted octanol–water partition coefficient (Wildman–Crippen LogP) is 4.50. The van der Waals surface area contributed by atoms with E-state index in [4.69, 9.17) is 0 Å². The van der Waals surface area contributed by atoms with Crippen molar-refractivity contribution in [3.63, 3.8) is 0 Å². The van der Waals surface area contributed by atoms with E-state index in [0.717, 1.165) is 12.8 Å². The summed E-state index contributed by atoms with van der Waals surface area (Å²) in [7, 11) is 0. The van der Waals surface area contributed by atoms with Crippen molar-refractivity contribution in [2.45, 2.75) is 59.3 Å². The Morgan fingerprint density at radius 2 is 1.90 bits per heavy atom. The summed E-state index contributed by atoms with van der Waals surface area (Å²) in [6.07, 6.45) is 10.0. The van der Waals surface area contributed by atoms with Crippen LogP contribution in [0.15, 0.2) is 23.8 Å². The molecule has 0 aliphatic heterocycles. The van der Waals surface area contributed by atoms with Gasteiger partial charge in [0.15, 0.2) is 12.6 Å². The van der Waals surface area contributed by atoms with Gasteiger partial charge in [0.25, 0.3) is 0 Å². The molecule has 2 aliphatic rings. The molecule has 0 aromatic carbocycles. The normalized spacial score (nSPS) is 34.7. The second-order valence-electron chi connectivity index (χ2n) is 7.83. The van der Waals surface area contributed by atoms with Gasteiger partial charge in [0.2, 0.25) is 0 Å². The molecule has 0 aromatic heterocycles. The van der Waals surface area contributed by atoms with Crippen LogP contribution in [-0.4, -0.2) is 12.6 Å². The fourth-order valence-corrected chi connectivity index (χ4v) is 5.09. The molecule has 0 aromatic rings. The van der Waals surface area contributed by atoms with Crippen LogP contribution in [0, 0.1) is 22.7 Å². The molecule has 0 bridgehead atoms. The first-order chi connectivity index (χ1) is 9.85. The Kier molecular flexibility index (Phi) is 4.55. The molecule has 2 rings (SSSR count). The molecule has 0 amide bonds. The van der Waals surface area contributed by atoms with E-state index in [1.54, 1.807) is 0 Å². The van der Waals surface area contributed by atoms with E-state index >= 15 is 0 Å². The monoisotopic (exact) mass is 288 g/mol. The standard InChI is InChI=1S/C19H28O2/c1-14-6-9-17-18(2,3)10-5-11-19(17,4)16(14)8-7-15(12-20)13-21/h7,12-13,16-17H,1,5-6,8-11H2,2-4H3. The average molecular weight is 288 g/mol. The van der Waals surface area contributed by atoms with Crippen molar-refractivity contribution < 1.29 is 9.59 Å². The molecule has 2 saturated carbocycles. The first kappa shape index (κ1) is 16.2. The molecule has 0 saturated heterocycles. The number of aldehydes is 2. The number of carbonyl (C=O) groups excluding carboxylic acids is 2. The van der Waals surface area contributed by atoms with Crippen LogP contribution in [0.2, 0.25) is 0 Å². The van der Waals surface area contributed by atoms with Crippen LogP contribution >= 0.6 is 0 Å². The van der Waals surface area contributed by atoms with E-state index < -0.39 is 0 Å². The molecule has 21 heavy (non-hydrogen) atoms. The van der Waals surface area contributed by atoms with Gasteiger partial charge in [0.1, 0.15) is 0 Å². The Morgan fingerprint density at radius 1 is 1.24 bits per heavy atom. The molecular formula is C19H28O2. The number of rotatable bonds is 4. The molecule has 2 aliphatic carbocycles. The maximum absolute atomic E-state index is 10.8. The van der Waals surface area contributed by atoms with Crippen LogP contribution in [0.1, 0.15) is 59.3 Å². The minimum atomic E-state index is 0.254. The zero-order valence-electron chi connectivity index (χ0n) is 13.7. The minimum absolute atomic E-state index is 0.254. The summed E-state index contributed by atoms with van der Waals surface area (Å²) in [5.41, 5.74) is 2.21. The van der Waals surface area contributed by atoms with Crippen LogP contribution < -0.4 is 0 Å². The molecule has 2 nitrogen and oxygen atoms in total. The average Bonchev–Trinajstić information content (AvgIpc) is 2.41. The predicted molar refractivity (Wildman–Crippen MR) is 85.9 cm³/mol. The van der Waals surface area contributed by atoms with Gasteiger partial charge in [-0.1, -0.05) is 45.4 Å². The molecule has 0 N–H and O–H groups in total. The van der Waals surface area contributed by atoms with Crippen molar-refractivity contribution >= 4 is 12.6 Å². The van der Waals surface area contributed by atoms with Crippen molar-refractivity contribution in [1.29, 1.82) is 0 Å². The summed E-state index contributed by atoms with van der Waals surface area (Å²) in [5.74, 6) is 1.10. The summed E-state index contributed by atoms with van der Waals surface area (Å²) < 4.78 is 0. The van der Waals surface area contributed by atoms with Crippen molar-refractivity contribution in [2.75, 3.05) is 0 Å². The van der Waals surface area contributed by atoms with Gasteiger partial charge < -0.3 is 0 Å². The van der Waals surface area contributed by atoms with E-state index in [1.165, 1.54) is 31.3 Å². The SMILES string of the molecule is C=C1CCC2C(C)(C)CCCC2(C)C1CC=C(C=O)C=O. The van der Waals surface area contributed by atoms with Gasteiger partial charge in [-0.3, -0.25) is 9.59 Å². The summed E-state index contributed by atoms with van der Waals surface area (Å²) in [6, 6.07) is 0. The van der Waals surface area contributed by atoms with Crippen molar-refractivity contribution in [3.8, 4) is 0 Å². The molecule has 3 atom stereocenters. The van der Waals surface area contributed by atoms with Crippen LogP contribution in [-0.2, 0) is 9.59 Å². The zero-order valence-corrected chi connectivity index (χ0v) is 13.7.